The highest BCUT2D eigenvalue weighted by Crippen LogP contribution is 2.03. The highest BCUT2D eigenvalue weighted by atomic mass is 16.2. The largest absolute Gasteiger partial charge is 0.350 e. The van der Waals surface area contributed by atoms with Gasteiger partial charge in [-0.15, -0.1) is 0 Å². The lowest BCUT2D eigenvalue weighted by molar-refractivity contribution is -0.120. The van der Waals surface area contributed by atoms with Crippen LogP contribution < -0.4 is 16.0 Å². The normalized spacial score (nSPS) is 9.71. The molecule has 1 aromatic heterocycles. The minimum absolute atomic E-state index is 0.0796. The highest BCUT2D eigenvalue weighted by molar-refractivity contribution is 5.92. The Morgan fingerprint density at radius 2 is 1.67 bits per heavy atom. The number of rotatable bonds is 5. The number of urea groups is 1. The molecule has 1 heterocycles. The number of carbonyl (C=O) groups is 2. The Morgan fingerprint density at radius 1 is 0.952 bits per heavy atom. The number of aromatic nitrogens is 1. The van der Waals surface area contributed by atoms with Gasteiger partial charge in [-0.25, -0.2) is 4.79 Å². The third-order valence-electron chi connectivity index (χ3n) is 2.68. The van der Waals surface area contributed by atoms with E-state index >= 15 is 0 Å². The summed E-state index contributed by atoms with van der Waals surface area (Å²) < 4.78 is 0. The van der Waals surface area contributed by atoms with Crippen molar-refractivity contribution < 1.29 is 9.59 Å². The van der Waals surface area contributed by atoms with E-state index in [1.54, 1.807) is 24.5 Å². The fourth-order valence-electron chi connectivity index (χ4n) is 1.62. The summed E-state index contributed by atoms with van der Waals surface area (Å²) in [6, 6.07) is 12.2. The molecule has 0 aliphatic rings. The smallest absolute Gasteiger partial charge is 0.319 e. The van der Waals surface area contributed by atoms with Crippen LogP contribution in [0.25, 0.3) is 0 Å². The fraction of sp³-hybridized carbons (Fsp3) is 0.133. The van der Waals surface area contributed by atoms with Gasteiger partial charge in [-0.3, -0.25) is 9.78 Å². The zero-order valence-electron chi connectivity index (χ0n) is 11.4. The summed E-state index contributed by atoms with van der Waals surface area (Å²) in [7, 11) is 0. The molecule has 0 aliphatic carbocycles. The summed E-state index contributed by atoms with van der Waals surface area (Å²) in [5.41, 5.74) is 1.62. The molecule has 6 heteroatoms. The van der Waals surface area contributed by atoms with Crippen molar-refractivity contribution in [2.75, 3.05) is 11.9 Å². The van der Waals surface area contributed by atoms with Gasteiger partial charge in [0.1, 0.15) is 0 Å². The molecule has 3 amide bonds. The molecule has 2 rings (SSSR count). The number of nitrogens with zero attached hydrogens (tertiary/aromatic N) is 1. The van der Waals surface area contributed by atoms with E-state index in [1.165, 1.54) is 0 Å². The summed E-state index contributed by atoms with van der Waals surface area (Å²) in [5, 5.41) is 7.83. The zero-order chi connectivity index (χ0) is 14.9. The number of nitrogens with one attached hydrogen (secondary N) is 3. The first kappa shape index (κ1) is 14.5. The lowest BCUT2D eigenvalue weighted by Gasteiger charge is -2.08. The van der Waals surface area contributed by atoms with Gasteiger partial charge in [0.05, 0.1) is 6.54 Å². The number of hydrogen-bond donors (Lipinski definition) is 3. The lowest BCUT2D eigenvalue weighted by atomic mass is 10.3. The molecule has 0 aliphatic heterocycles. The Morgan fingerprint density at radius 3 is 2.38 bits per heavy atom. The number of amides is 3. The molecule has 0 saturated heterocycles. The second kappa shape index (κ2) is 7.64. The summed E-state index contributed by atoms with van der Waals surface area (Å²) in [4.78, 5) is 27.1. The van der Waals surface area contributed by atoms with E-state index in [9.17, 15) is 9.59 Å². The van der Waals surface area contributed by atoms with E-state index < -0.39 is 6.03 Å². The monoisotopic (exact) mass is 284 g/mol. The summed E-state index contributed by atoms with van der Waals surface area (Å²) in [6.07, 6.45) is 3.32. The molecule has 0 spiro atoms. The first-order valence-corrected chi connectivity index (χ1v) is 6.49. The maximum absolute atomic E-state index is 11.6. The van der Waals surface area contributed by atoms with Gasteiger partial charge in [0.15, 0.2) is 0 Å². The predicted octanol–water partition coefficient (Wildman–Crippen LogP) is 1.52. The van der Waals surface area contributed by atoms with Gasteiger partial charge in [0.25, 0.3) is 0 Å². The number of carbonyl (C=O) groups excluding carboxylic acids is 2. The molecular formula is C15H16N4O2. The van der Waals surface area contributed by atoms with E-state index in [-0.39, 0.29) is 12.5 Å². The molecule has 2 aromatic rings. The van der Waals surface area contributed by atoms with Crippen LogP contribution in [0.4, 0.5) is 10.5 Å². The molecule has 1 aromatic carbocycles. The molecule has 108 valence electrons. The first-order chi connectivity index (χ1) is 10.2. The average Bonchev–Trinajstić information content (AvgIpc) is 2.53. The van der Waals surface area contributed by atoms with E-state index in [0.717, 1.165) is 5.56 Å². The molecule has 0 bridgehead atoms. The lowest BCUT2D eigenvalue weighted by Crippen LogP contribution is -2.38. The van der Waals surface area contributed by atoms with Gasteiger partial charge in [-0.05, 0) is 29.8 Å². The quantitative estimate of drug-likeness (QED) is 0.778. The maximum Gasteiger partial charge on any atom is 0.319 e. The topological polar surface area (TPSA) is 83.1 Å². The van der Waals surface area contributed by atoms with Crippen molar-refractivity contribution in [3.8, 4) is 0 Å². The second-order valence-corrected chi connectivity index (χ2v) is 4.31. The highest BCUT2D eigenvalue weighted by Gasteiger charge is 2.05. The van der Waals surface area contributed by atoms with Gasteiger partial charge in [-0.2, -0.15) is 0 Å². The van der Waals surface area contributed by atoms with Gasteiger partial charge >= 0.3 is 6.03 Å². The van der Waals surface area contributed by atoms with Crippen LogP contribution in [0, 0.1) is 0 Å². The van der Waals surface area contributed by atoms with Crippen molar-refractivity contribution in [3.05, 3.63) is 60.4 Å². The minimum Gasteiger partial charge on any atom is -0.350 e. The van der Waals surface area contributed by atoms with Crippen LogP contribution in [0.3, 0.4) is 0 Å². The molecule has 0 unspecified atom stereocenters. The van der Waals surface area contributed by atoms with Gasteiger partial charge in [-0.1, -0.05) is 18.2 Å². The van der Waals surface area contributed by atoms with Crippen LogP contribution >= 0.6 is 0 Å². The molecule has 0 fully saturated rings. The Hall–Kier alpha value is -2.89. The van der Waals surface area contributed by atoms with Crippen molar-refractivity contribution in [2.45, 2.75) is 6.54 Å². The summed E-state index contributed by atoms with van der Waals surface area (Å²) >= 11 is 0. The Balaban J connectivity index is 1.68. The van der Waals surface area contributed by atoms with E-state index in [0.29, 0.717) is 12.2 Å². The first-order valence-electron chi connectivity index (χ1n) is 6.49. The molecule has 0 atom stereocenters. The van der Waals surface area contributed by atoms with Gasteiger partial charge in [0.2, 0.25) is 5.91 Å². The number of para-hydroxylation sites is 1. The zero-order valence-corrected chi connectivity index (χ0v) is 11.4. The molecular weight excluding hydrogens is 268 g/mol. The molecule has 0 saturated carbocycles. The van der Waals surface area contributed by atoms with Crippen molar-refractivity contribution in [3.63, 3.8) is 0 Å². The van der Waals surface area contributed by atoms with Crippen LogP contribution in [0.2, 0.25) is 0 Å². The molecule has 6 nitrogen and oxygen atoms in total. The van der Waals surface area contributed by atoms with Crippen LogP contribution in [-0.2, 0) is 11.3 Å². The maximum atomic E-state index is 11.6. The Bertz CT molecular complexity index is 587. The number of pyridine rings is 1. The standard InChI is InChI=1S/C15H16N4O2/c20-14(17-10-12-6-8-16-9-7-12)11-18-15(21)19-13-4-2-1-3-5-13/h1-9H,10-11H2,(H,17,20)(H2,18,19,21). The van der Waals surface area contributed by atoms with Crippen LogP contribution in [-0.4, -0.2) is 23.5 Å². The van der Waals surface area contributed by atoms with Crippen LogP contribution in [0.15, 0.2) is 54.9 Å². The number of benzene rings is 1. The van der Waals surface area contributed by atoms with E-state index in [2.05, 4.69) is 20.9 Å². The average molecular weight is 284 g/mol. The van der Waals surface area contributed by atoms with Crippen molar-refractivity contribution in [1.82, 2.24) is 15.6 Å². The third kappa shape index (κ3) is 5.32. The number of hydrogen-bond acceptors (Lipinski definition) is 3. The Labute approximate surface area is 122 Å². The fourth-order valence-corrected chi connectivity index (χ4v) is 1.62. The van der Waals surface area contributed by atoms with Crippen molar-refractivity contribution >= 4 is 17.6 Å². The Kier molecular flexibility index (Phi) is 5.28. The van der Waals surface area contributed by atoms with Crippen LogP contribution in [0.1, 0.15) is 5.56 Å². The molecule has 3 N–H and O–H groups in total. The van der Waals surface area contributed by atoms with Crippen molar-refractivity contribution in [2.24, 2.45) is 0 Å². The van der Waals surface area contributed by atoms with E-state index in [4.69, 9.17) is 0 Å². The summed E-state index contributed by atoms with van der Waals surface area (Å²) in [5.74, 6) is -0.255. The minimum atomic E-state index is -0.416. The molecule has 21 heavy (non-hydrogen) atoms. The SMILES string of the molecule is O=C(CNC(=O)Nc1ccccc1)NCc1ccncc1. The second-order valence-electron chi connectivity index (χ2n) is 4.31. The predicted molar refractivity (Wildman–Crippen MR) is 79.5 cm³/mol. The van der Waals surface area contributed by atoms with E-state index in [1.807, 2.05) is 30.3 Å². The number of anilines is 1. The van der Waals surface area contributed by atoms with Gasteiger partial charge in [0, 0.05) is 24.6 Å². The molecule has 0 radical (unpaired) electrons. The van der Waals surface area contributed by atoms with Crippen molar-refractivity contribution in [1.29, 1.82) is 0 Å². The van der Waals surface area contributed by atoms with Gasteiger partial charge < -0.3 is 16.0 Å². The third-order valence-corrected chi connectivity index (χ3v) is 2.68. The summed E-state index contributed by atoms with van der Waals surface area (Å²) in [6.45, 7) is 0.326. The van der Waals surface area contributed by atoms with Crippen LogP contribution in [0.5, 0.6) is 0 Å².